The quantitative estimate of drug-likeness (QED) is 0.772. The average molecular weight is 310 g/mol. The molecular weight excluding hydrogens is 290 g/mol. The van der Waals surface area contributed by atoms with Crippen LogP contribution in [0.5, 0.6) is 0 Å². The van der Waals surface area contributed by atoms with Crippen molar-refractivity contribution in [3.8, 4) is 0 Å². The summed E-state index contributed by atoms with van der Waals surface area (Å²) in [5, 5.41) is 2.98. The monoisotopic (exact) mass is 309 g/mol. The highest BCUT2D eigenvalue weighted by molar-refractivity contribution is 9.09. The van der Waals surface area contributed by atoms with E-state index in [9.17, 15) is 4.79 Å². The van der Waals surface area contributed by atoms with Gasteiger partial charge in [0.25, 0.3) is 0 Å². The number of halogens is 1. The van der Waals surface area contributed by atoms with E-state index in [0.717, 1.165) is 5.69 Å². The highest BCUT2D eigenvalue weighted by atomic mass is 79.9. The van der Waals surface area contributed by atoms with Crippen LogP contribution in [-0.4, -0.2) is 5.91 Å². The van der Waals surface area contributed by atoms with Crippen molar-refractivity contribution in [2.75, 3.05) is 5.32 Å². The highest BCUT2D eigenvalue weighted by Crippen LogP contribution is 2.42. The summed E-state index contributed by atoms with van der Waals surface area (Å²) in [7, 11) is 0. The van der Waals surface area contributed by atoms with E-state index in [1.54, 1.807) is 0 Å². The molecule has 0 radical (unpaired) electrons. The predicted molar refractivity (Wildman–Crippen MR) is 79.4 cm³/mol. The van der Waals surface area contributed by atoms with Crippen LogP contribution in [0.3, 0.4) is 0 Å². The molecule has 0 saturated heterocycles. The fraction of sp³-hybridized carbons (Fsp3) is 0.533. The minimum Gasteiger partial charge on any atom is -0.326 e. The molecule has 0 aromatic heterocycles. The maximum atomic E-state index is 11.7. The summed E-state index contributed by atoms with van der Waals surface area (Å²) in [6.45, 7) is 10.6. The smallest absolute Gasteiger partial charge is 0.225 e. The molecule has 18 heavy (non-hydrogen) atoms. The number of hydrogen-bond acceptors (Lipinski definition) is 1. The molecule has 1 amide bonds. The van der Waals surface area contributed by atoms with Crippen molar-refractivity contribution < 1.29 is 4.79 Å². The Bertz CT molecular complexity index is 512. The van der Waals surface area contributed by atoms with Gasteiger partial charge in [0.1, 0.15) is 0 Å². The number of benzene rings is 1. The second kappa shape index (κ2) is 4.09. The lowest BCUT2D eigenvalue weighted by molar-refractivity contribution is -0.117. The predicted octanol–water partition coefficient (Wildman–Crippen LogP) is 4.24. The number of aryl methyl sites for hydroxylation is 1. The zero-order valence-electron chi connectivity index (χ0n) is 11.6. The Morgan fingerprint density at radius 3 is 2.50 bits per heavy atom. The van der Waals surface area contributed by atoms with E-state index >= 15 is 0 Å². The van der Waals surface area contributed by atoms with Crippen molar-refractivity contribution in [3.05, 3.63) is 28.8 Å². The van der Waals surface area contributed by atoms with Gasteiger partial charge in [-0.15, -0.1) is 0 Å². The molecule has 1 heterocycles. The zero-order chi connectivity index (χ0) is 13.7. The van der Waals surface area contributed by atoms with Crippen LogP contribution in [0.25, 0.3) is 0 Å². The third kappa shape index (κ3) is 2.33. The van der Waals surface area contributed by atoms with Crippen molar-refractivity contribution >= 4 is 27.5 Å². The van der Waals surface area contributed by atoms with Gasteiger partial charge in [-0.05, 0) is 43.5 Å². The Hall–Kier alpha value is -0.830. The standard InChI is InChI=1S/C15H20BrNO/c1-9-6-12-11(7-10(9)15(4,5)16)14(2,3)8-13(18)17-12/h6-7H,8H2,1-5H3,(H,17,18). The summed E-state index contributed by atoms with van der Waals surface area (Å²) in [5.41, 5.74) is 4.59. The summed E-state index contributed by atoms with van der Waals surface area (Å²) in [6.07, 6.45) is 0.547. The van der Waals surface area contributed by atoms with Crippen molar-refractivity contribution in [3.63, 3.8) is 0 Å². The van der Waals surface area contributed by atoms with Gasteiger partial charge >= 0.3 is 0 Å². The van der Waals surface area contributed by atoms with Gasteiger partial charge in [-0.1, -0.05) is 35.8 Å². The molecule has 0 bridgehead atoms. The molecule has 1 N–H and O–H groups in total. The Labute approximate surface area is 117 Å². The fourth-order valence-corrected chi connectivity index (χ4v) is 3.13. The second-order valence-electron chi connectivity index (χ2n) is 6.29. The lowest BCUT2D eigenvalue weighted by Crippen LogP contribution is -2.33. The molecule has 1 aliphatic heterocycles. The molecule has 0 unspecified atom stereocenters. The highest BCUT2D eigenvalue weighted by Gasteiger charge is 2.33. The maximum absolute atomic E-state index is 11.7. The second-order valence-corrected chi connectivity index (χ2v) is 8.28. The first kappa shape index (κ1) is 13.6. The first-order chi connectivity index (χ1) is 8.11. The van der Waals surface area contributed by atoms with Crippen LogP contribution in [-0.2, 0) is 14.5 Å². The first-order valence-corrected chi connectivity index (χ1v) is 7.05. The van der Waals surface area contributed by atoms with Crippen LogP contribution in [0.15, 0.2) is 12.1 Å². The maximum Gasteiger partial charge on any atom is 0.225 e. The van der Waals surface area contributed by atoms with Gasteiger partial charge in [0.15, 0.2) is 0 Å². The largest absolute Gasteiger partial charge is 0.326 e. The number of nitrogens with one attached hydrogen (secondary N) is 1. The van der Waals surface area contributed by atoms with Crippen molar-refractivity contribution in [1.82, 2.24) is 0 Å². The number of carbonyl (C=O) groups is 1. The van der Waals surface area contributed by atoms with Crippen LogP contribution in [0.2, 0.25) is 0 Å². The fourth-order valence-electron chi connectivity index (χ4n) is 2.70. The third-order valence-corrected chi connectivity index (χ3v) is 4.04. The van der Waals surface area contributed by atoms with Crippen molar-refractivity contribution in [2.24, 2.45) is 0 Å². The molecule has 3 heteroatoms. The molecule has 1 aromatic rings. The normalized spacial score (nSPS) is 18.2. The molecule has 0 aliphatic carbocycles. The molecule has 1 aliphatic rings. The number of carbonyl (C=O) groups excluding carboxylic acids is 1. The van der Waals surface area contributed by atoms with Crippen LogP contribution in [0.1, 0.15) is 50.8 Å². The number of hydrogen-bond donors (Lipinski definition) is 1. The van der Waals surface area contributed by atoms with Crippen LogP contribution < -0.4 is 5.32 Å². The summed E-state index contributed by atoms with van der Waals surface area (Å²) in [5.74, 6) is 0.109. The Balaban J connectivity index is 2.65. The van der Waals surface area contributed by atoms with Gasteiger partial charge in [0, 0.05) is 21.8 Å². The average Bonchev–Trinajstić information content (AvgIpc) is 2.12. The van der Waals surface area contributed by atoms with Gasteiger partial charge in [0.2, 0.25) is 5.91 Å². The summed E-state index contributed by atoms with van der Waals surface area (Å²) >= 11 is 3.73. The van der Waals surface area contributed by atoms with E-state index in [0.29, 0.717) is 6.42 Å². The van der Waals surface area contributed by atoms with Crippen molar-refractivity contribution in [1.29, 1.82) is 0 Å². The minimum atomic E-state index is -0.0988. The summed E-state index contributed by atoms with van der Waals surface area (Å²) in [6, 6.07) is 4.32. The van der Waals surface area contributed by atoms with Gasteiger partial charge < -0.3 is 5.32 Å². The molecule has 0 spiro atoms. The number of alkyl halides is 1. The summed E-state index contributed by atoms with van der Waals surface area (Å²) in [4.78, 5) is 11.7. The van der Waals surface area contributed by atoms with Gasteiger partial charge in [-0.3, -0.25) is 4.79 Å². The molecule has 2 nitrogen and oxygen atoms in total. The third-order valence-electron chi connectivity index (χ3n) is 3.61. The molecule has 0 atom stereocenters. The molecule has 0 fully saturated rings. The number of amides is 1. The van der Waals surface area contributed by atoms with E-state index in [1.807, 2.05) is 0 Å². The zero-order valence-corrected chi connectivity index (χ0v) is 13.2. The lowest BCUT2D eigenvalue weighted by atomic mass is 9.76. The SMILES string of the molecule is Cc1cc2c(cc1C(C)(C)Br)C(C)(C)CC(=O)N2. The molecule has 98 valence electrons. The first-order valence-electron chi connectivity index (χ1n) is 6.25. The van der Waals surface area contributed by atoms with Gasteiger partial charge in [0.05, 0.1) is 0 Å². The number of anilines is 1. The Kier molecular flexibility index (Phi) is 3.09. The molecular formula is C15H20BrNO. The van der Waals surface area contributed by atoms with E-state index in [1.165, 1.54) is 16.7 Å². The van der Waals surface area contributed by atoms with Gasteiger partial charge in [-0.25, -0.2) is 0 Å². The molecule has 1 aromatic carbocycles. The van der Waals surface area contributed by atoms with E-state index in [-0.39, 0.29) is 15.6 Å². The van der Waals surface area contributed by atoms with Crippen LogP contribution in [0, 0.1) is 6.92 Å². The molecule has 2 rings (SSSR count). The number of rotatable bonds is 1. The lowest BCUT2D eigenvalue weighted by Gasteiger charge is -2.34. The topological polar surface area (TPSA) is 29.1 Å². The Morgan fingerprint density at radius 2 is 1.94 bits per heavy atom. The van der Waals surface area contributed by atoms with Gasteiger partial charge in [-0.2, -0.15) is 0 Å². The molecule has 0 saturated carbocycles. The van der Waals surface area contributed by atoms with Crippen LogP contribution >= 0.6 is 15.9 Å². The Morgan fingerprint density at radius 1 is 1.33 bits per heavy atom. The summed E-state index contributed by atoms with van der Waals surface area (Å²) < 4.78 is -0.0519. The van der Waals surface area contributed by atoms with Crippen molar-refractivity contribution in [2.45, 2.75) is 50.8 Å². The van der Waals surface area contributed by atoms with E-state index in [2.05, 4.69) is 68.0 Å². The minimum absolute atomic E-state index is 0.0519. The number of fused-ring (bicyclic) bond motifs is 1. The van der Waals surface area contributed by atoms with Crippen LogP contribution in [0.4, 0.5) is 5.69 Å². The van der Waals surface area contributed by atoms with E-state index < -0.39 is 0 Å². The van der Waals surface area contributed by atoms with E-state index in [4.69, 9.17) is 0 Å².